The number of aromatic carboxylic acids is 1. The molecule has 9 heteroatoms. The second-order valence-electron chi connectivity index (χ2n) is 8.72. The number of likely N-dealkylation sites (tertiary alicyclic amines) is 1. The summed E-state index contributed by atoms with van der Waals surface area (Å²) < 4.78 is 25.9. The van der Waals surface area contributed by atoms with Gasteiger partial charge < -0.3 is 15.0 Å². The van der Waals surface area contributed by atoms with Crippen molar-refractivity contribution >= 4 is 29.0 Å². The van der Waals surface area contributed by atoms with Crippen molar-refractivity contribution < 1.29 is 28.4 Å². The van der Waals surface area contributed by atoms with Crippen LogP contribution in [0.1, 0.15) is 65.8 Å². The first-order valence-electron chi connectivity index (χ1n) is 11.8. The van der Waals surface area contributed by atoms with Gasteiger partial charge in [-0.05, 0) is 67.2 Å². The molecule has 0 saturated carbocycles. The minimum Gasteiger partial charge on any atom is -0.614 e. The monoisotopic (exact) mass is 502 g/mol. The Morgan fingerprint density at radius 3 is 2.40 bits per heavy atom. The van der Waals surface area contributed by atoms with Crippen molar-refractivity contribution in [2.45, 2.75) is 56.1 Å². The van der Waals surface area contributed by atoms with Crippen molar-refractivity contribution in [2.24, 2.45) is 0 Å². The fraction of sp³-hybridized carbons (Fsp3) is 0.423. The number of carboxylic acids is 1. The van der Waals surface area contributed by atoms with E-state index < -0.39 is 27.8 Å². The third-order valence-electron chi connectivity index (χ3n) is 6.20. The fourth-order valence-electron chi connectivity index (χ4n) is 3.99. The number of rotatable bonds is 13. The Balaban J connectivity index is 1.35. The molecule has 0 spiro atoms. The molecule has 3 unspecified atom stereocenters. The molecule has 0 bridgehead atoms. The van der Waals surface area contributed by atoms with Gasteiger partial charge in [-0.1, -0.05) is 37.1 Å². The lowest BCUT2D eigenvalue weighted by atomic mass is 10.1. The van der Waals surface area contributed by atoms with Gasteiger partial charge in [0.1, 0.15) is 17.6 Å². The Labute approximate surface area is 207 Å². The van der Waals surface area contributed by atoms with E-state index in [1.165, 1.54) is 29.2 Å². The van der Waals surface area contributed by atoms with E-state index in [1.54, 1.807) is 31.2 Å². The van der Waals surface area contributed by atoms with Crippen LogP contribution in [0.3, 0.4) is 0 Å². The summed E-state index contributed by atoms with van der Waals surface area (Å²) in [6, 6.07) is 12.7. The van der Waals surface area contributed by atoms with Gasteiger partial charge >= 0.3 is 5.97 Å². The molecule has 0 aromatic heterocycles. The third-order valence-corrected chi connectivity index (χ3v) is 8.13. The summed E-state index contributed by atoms with van der Waals surface area (Å²) in [6.07, 6.45) is 4.80. The number of halogens is 1. The summed E-state index contributed by atoms with van der Waals surface area (Å²) in [5.74, 6) is -1.74. The van der Waals surface area contributed by atoms with Crippen molar-refractivity contribution in [3.8, 4) is 0 Å². The van der Waals surface area contributed by atoms with Gasteiger partial charge in [-0.15, -0.1) is 0 Å². The number of hydrogen-bond acceptors (Lipinski definition) is 4. The smallest absolute Gasteiger partial charge is 0.335 e. The first-order chi connectivity index (χ1) is 16.8. The topological polar surface area (TPSA) is 110 Å². The third kappa shape index (κ3) is 7.53. The predicted octanol–water partition coefficient (Wildman–Crippen LogP) is 3.81. The van der Waals surface area contributed by atoms with E-state index in [0.29, 0.717) is 6.54 Å². The summed E-state index contributed by atoms with van der Waals surface area (Å²) >= 11 is -1.43. The Morgan fingerprint density at radius 2 is 1.77 bits per heavy atom. The van der Waals surface area contributed by atoms with Crippen LogP contribution in [0.2, 0.25) is 0 Å². The summed E-state index contributed by atoms with van der Waals surface area (Å²) in [5.41, 5.74) is 1.98. The Morgan fingerprint density at radius 1 is 1.11 bits per heavy atom. The van der Waals surface area contributed by atoms with Crippen molar-refractivity contribution in [2.75, 3.05) is 13.1 Å². The molecule has 188 valence electrons. The number of nitrogens with zero attached hydrogens (tertiary/aromatic N) is 1. The second kappa shape index (κ2) is 12.7. The maximum atomic E-state index is 13.0. The SMILES string of the molecule is CC(c1ccc(C(=O)O)cc1)[S+]([O-])C1CC(=O)N1CC(=O)NCCCCCCc1ccc(F)cc1. The molecule has 1 saturated heterocycles. The lowest BCUT2D eigenvalue weighted by Gasteiger charge is -2.41. The van der Waals surface area contributed by atoms with Crippen LogP contribution in [0.15, 0.2) is 48.5 Å². The minimum absolute atomic E-state index is 0.121. The molecular formula is C26H31FN2O5S. The average molecular weight is 503 g/mol. The molecule has 2 N–H and O–H groups in total. The molecule has 3 rings (SSSR count). The molecule has 1 heterocycles. The van der Waals surface area contributed by atoms with Crippen LogP contribution < -0.4 is 5.32 Å². The van der Waals surface area contributed by atoms with E-state index in [4.69, 9.17) is 5.11 Å². The van der Waals surface area contributed by atoms with Crippen molar-refractivity contribution in [1.82, 2.24) is 10.2 Å². The Kier molecular flexibility index (Phi) is 9.68. The van der Waals surface area contributed by atoms with Gasteiger partial charge in [0.05, 0.1) is 12.0 Å². The van der Waals surface area contributed by atoms with E-state index in [2.05, 4.69) is 5.32 Å². The zero-order chi connectivity index (χ0) is 25.4. The molecule has 1 aliphatic rings. The second-order valence-corrected chi connectivity index (χ2v) is 10.6. The van der Waals surface area contributed by atoms with Crippen LogP contribution in [-0.2, 0) is 27.2 Å². The van der Waals surface area contributed by atoms with Crippen LogP contribution in [0.25, 0.3) is 0 Å². The number of hydrogen-bond donors (Lipinski definition) is 2. The lowest BCUT2D eigenvalue weighted by Crippen LogP contribution is -2.59. The van der Waals surface area contributed by atoms with Gasteiger partial charge in [0, 0.05) is 12.1 Å². The number of amides is 2. The van der Waals surface area contributed by atoms with Gasteiger partial charge in [-0.25, -0.2) is 9.18 Å². The van der Waals surface area contributed by atoms with Gasteiger partial charge in [0.15, 0.2) is 5.37 Å². The van der Waals surface area contributed by atoms with Crippen molar-refractivity contribution in [1.29, 1.82) is 0 Å². The molecule has 7 nitrogen and oxygen atoms in total. The number of unbranched alkanes of at least 4 members (excludes halogenated alkanes) is 3. The van der Waals surface area contributed by atoms with E-state index in [-0.39, 0.29) is 36.2 Å². The zero-order valence-corrected chi connectivity index (χ0v) is 20.6. The summed E-state index contributed by atoms with van der Waals surface area (Å²) in [4.78, 5) is 36.8. The minimum atomic E-state index is -1.43. The van der Waals surface area contributed by atoms with Crippen molar-refractivity contribution in [3.63, 3.8) is 0 Å². The molecule has 35 heavy (non-hydrogen) atoms. The zero-order valence-electron chi connectivity index (χ0n) is 19.7. The first-order valence-corrected chi connectivity index (χ1v) is 13.1. The molecule has 0 aliphatic carbocycles. The van der Waals surface area contributed by atoms with E-state index >= 15 is 0 Å². The molecule has 1 aliphatic heterocycles. The van der Waals surface area contributed by atoms with Crippen LogP contribution >= 0.6 is 0 Å². The summed E-state index contributed by atoms with van der Waals surface area (Å²) in [6.45, 7) is 2.16. The van der Waals surface area contributed by atoms with Gasteiger partial charge in [0.2, 0.25) is 11.8 Å². The molecule has 2 aromatic rings. The van der Waals surface area contributed by atoms with Crippen molar-refractivity contribution in [3.05, 3.63) is 71.0 Å². The number of carbonyl (C=O) groups is 3. The Bertz CT molecular complexity index is 1020. The number of benzene rings is 2. The molecule has 1 fully saturated rings. The number of β-lactam (4-membered cyclic amide) rings is 1. The highest BCUT2D eigenvalue weighted by Crippen LogP contribution is 2.33. The molecular weight excluding hydrogens is 471 g/mol. The highest BCUT2D eigenvalue weighted by Gasteiger charge is 2.47. The Hall–Kier alpha value is -2.91. The fourth-order valence-corrected chi connectivity index (χ4v) is 5.63. The highest BCUT2D eigenvalue weighted by molar-refractivity contribution is 7.92. The number of aryl methyl sites for hydroxylation is 1. The highest BCUT2D eigenvalue weighted by atomic mass is 32.2. The van der Waals surface area contributed by atoms with Gasteiger partial charge in [-0.2, -0.15) is 0 Å². The predicted molar refractivity (Wildman–Crippen MR) is 132 cm³/mol. The number of carboxylic acid groups (broad SMARTS) is 1. The first kappa shape index (κ1) is 26.7. The number of carbonyl (C=O) groups excluding carboxylic acids is 2. The van der Waals surface area contributed by atoms with Crippen LogP contribution in [0, 0.1) is 5.82 Å². The molecule has 2 amide bonds. The standard InChI is InChI=1S/C26H31FN2O5S/c1-18(20-9-11-21(12-10-20)26(32)33)35(34)25-16-24(31)29(25)17-23(30)28-15-5-3-2-4-6-19-7-13-22(27)14-8-19/h7-14,18,25H,2-6,15-17H2,1H3,(H,28,30)(H,32,33). The summed E-state index contributed by atoms with van der Waals surface area (Å²) in [5, 5.41) is 10.9. The van der Waals surface area contributed by atoms with E-state index in [1.807, 2.05) is 0 Å². The largest absolute Gasteiger partial charge is 0.614 e. The lowest BCUT2D eigenvalue weighted by molar-refractivity contribution is -0.145. The maximum Gasteiger partial charge on any atom is 0.335 e. The quantitative estimate of drug-likeness (QED) is 0.246. The van der Waals surface area contributed by atoms with E-state index in [0.717, 1.165) is 43.2 Å². The average Bonchev–Trinajstić information content (AvgIpc) is 2.85. The molecule has 0 radical (unpaired) electrons. The summed E-state index contributed by atoms with van der Waals surface area (Å²) in [7, 11) is 0. The van der Waals surface area contributed by atoms with Crippen LogP contribution in [0.4, 0.5) is 4.39 Å². The van der Waals surface area contributed by atoms with E-state index in [9.17, 15) is 23.3 Å². The molecule has 3 atom stereocenters. The van der Waals surface area contributed by atoms with Crippen LogP contribution in [-0.4, -0.2) is 50.8 Å². The molecule has 2 aromatic carbocycles. The van der Waals surface area contributed by atoms with Crippen LogP contribution in [0.5, 0.6) is 0 Å². The number of nitrogens with one attached hydrogen (secondary N) is 1. The van der Waals surface area contributed by atoms with Gasteiger partial charge in [-0.3, -0.25) is 14.5 Å². The normalized spacial score (nSPS) is 16.9. The van der Waals surface area contributed by atoms with Gasteiger partial charge in [0.25, 0.3) is 0 Å². The maximum absolute atomic E-state index is 13.0.